The van der Waals surface area contributed by atoms with Crippen molar-refractivity contribution in [3.05, 3.63) is 63.7 Å². The summed E-state index contributed by atoms with van der Waals surface area (Å²) in [4.78, 5) is 47.8. The van der Waals surface area contributed by atoms with Crippen LogP contribution in [0.1, 0.15) is 20.7 Å². The number of ether oxygens (including phenoxy) is 1. The van der Waals surface area contributed by atoms with E-state index in [1.54, 1.807) is 0 Å². The van der Waals surface area contributed by atoms with Gasteiger partial charge < -0.3 is 10.1 Å². The number of benzene rings is 2. The minimum atomic E-state index is -3.12. The van der Waals surface area contributed by atoms with E-state index in [1.807, 2.05) is 0 Å². The summed E-state index contributed by atoms with van der Waals surface area (Å²) >= 11 is 0. The molecule has 144 valence electrons. The second kappa shape index (κ2) is 7.39. The van der Waals surface area contributed by atoms with Crippen LogP contribution in [-0.4, -0.2) is 40.7 Å². The highest BCUT2D eigenvalue weighted by Gasteiger charge is 2.41. The molecule has 0 aliphatic carbocycles. The van der Waals surface area contributed by atoms with Crippen molar-refractivity contribution in [2.45, 2.75) is 6.61 Å². The highest BCUT2D eigenvalue weighted by atomic mass is 19.3. The molecule has 0 saturated heterocycles. The lowest BCUT2D eigenvalue weighted by molar-refractivity contribution is -0.385. The molecule has 1 aliphatic heterocycles. The Morgan fingerprint density at radius 2 is 1.86 bits per heavy atom. The Morgan fingerprint density at radius 3 is 2.54 bits per heavy atom. The lowest BCUT2D eigenvalue weighted by Crippen LogP contribution is -2.37. The van der Waals surface area contributed by atoms with Crippen LogP contribution in [0.25, 0.3) is 0 Å². The highest BCUT2D eigenvalue weighted by Crippen LogP contribution is 2.31. The van der Waals surface area contributed by atoms with Gasteiger partial charge >= 0.3 is 6.61 Å². The first kappa shape index (κ1) is 18.9. The van der Waals surface area contributed by atoms with Crippen LogP contribution in [0.4, 0.5) is 20.2 Å². The summed E-state index contributed by atoms with van der Waals surface area (Å²) in [6.07, 6.45) is 0. The van der Waals surface area contributed by atoms with E-state index in [0.29, 0.717) is 4.90 Å². The third-order valence-electron chi connectivity index (χ3n) is 3.85. The lowest BCUT2D eigenvalue weighted by atomic mass is 10.1. The van der Waals surface area contributed by atoms with Crippen LogP contribution < -0.4 is 10.1 Å². The van der Waals surface area contributed by atoms with Crippen LogP contribution in [0, 0.1) is 10.1 Å². The molecule has 1 aliphatic rings. The number of carbonyl (C=O) groups is 3. The van der Waals surface area contributed by atoms with Gasteiger partial charge in [-0.1, -0.05) is 18.2 Å². The van der Waals surface area contributed by atoms with Gasteiger partial charge in [-0.15, -0.1) is 0 Å². The number of anilines is 1. The van der Waals surface area contributed by atoms with E-state index >= 15 is 0 Å². The molecule has 2 aromatic carbocycles. The smallest absolute Gasteiger partial charge is 0.387 e. The molecule has 0 unspecified atom stereocenters. The molecule has 1 heterocycles. The van der Waals surface area contributed by atoms with Crippen LogP contribution in [0.5, 0.6) is 5.75 Å². The number of nitro groups is 1. The number of nitrogens with zero attached hydrogens (tertiary/aromatic N) is 2. The number of rotatable bonds is 6. The van der Waals surface area contributed by atoms with E-state index in [0.717, 1.165) is 6.07 Å². The standard InChI is InChI=1S/C17H11F2N3O6/c18-17(19)28-12-7-2-1-5-10(12)20-13(23)8-21-15(24)9-4-3-6-11(22(26)27)14(9)16(21)25/h1-7,17H,8H2,(H,20,23). The molecule has 9 nitrogen and oxygen atoms in total. The van der Waals surface area contributed by atoms with Gasteiger partial charge in [0.2, 0.25) is 5.91 Å². The predicted octanol–water partition coefficient (Wildman–Crippen LogP) is 2.43. The minimum absolute atomic E-state index is 0.0876. The largest absolute Gasteiger partial charge is 0.433 e. The van der Waals surface area contributed by atoms with E-state index in [-0.39, 0.29) is 17.0 Å². The second-order valence-electron chi connectivity index (χ2n) is 5.58. The zero-order chi connectivity index (χ0) is 20.4. The summed E-state index contributed by atoms with van der Waals surface area (Å²) in [6, 6.07) is 8.94. The molecule has 28 heavy (non-hydrogen) atoms. The molecule has 0 radical (unpaired) electrons. The van der Waals surface area contributed by atoms with E-state index in [1.165, 1.54) is 36.4 Å². The zero-order valence-corrected chi connectivity index (χ0v) is 13.9. The fraction of sp³-hybridized carbons (Fsp3) is 0.118. The van der Waals surface area contributed by atoms with Gasteiger partial charge in [-0.25, -0.2) is 0 Å². The molecule has 0 bridgehead atoms. The van der Waals surface area contributed by atoms with Gasteiger partial charge in [0.25, 0.3) is 17.5 Å². The number of fused-ring (bicyclic) bond motifs is 1. The molecule has 3 amide bonds. The molecule has 3 rings (SSSR count). The van der Waals surface area contributed by atoms with Gasteiger partial charge in [0, 0.05) is 6.07 Å². The Hall–Kier alpha value is -3.89. The Labute approximate surface area is 155 Å². The van der Waals surface area contributed by atoms with Gasteiger partial charge in [-0.3, -0.25) is 29.4 Å². The fourth-order valence-electron chi connectivity index (χ4n) is 2.71. The number of hydrogen-bond acceptors (Lipinski definition) is 6. The van der Waals surface area contributed by atoms with Gasteiger partial charge in [-0.2, -0.15) is 8.78 Å². The fourth-order valence-corrected chi connectivity index (χ4v) is 2.71. The van der Waals surface area contributed by atoms with E-state index < -0.39 is 47.1 Å². The molecule has 0 aromatic heterocycles. The molecule has 2 aromatic rings. The average Bonchev–Trinajstić information content (AvgIpc) is 2.88. The number of alkyl halides is 2. The maximum atomic E-state index is 12.4. The summed E-state index contributed by atoms with van der Waals surface area (Å²) in [6.45, 7) is -3.87. The number of carbonyl (C=O) groups excluding carboxylic acids is 3. The van der Waals surface area contributed by atoms with Crippen molar-refractivity contribution in [2.75, 3.05) is 11.9 Å². The number of imide groups is 1. The monoisotopic (exact) mass is 391 g/mol. The number of amides is 3. The number of hydrogen-bond donors (Lipinski definition) is 1. The zero-order valence-electron chi connectivity index (χ0n) is 13.9. The Bertz CT molecular complexity index is 995. The first-order valence-electron chi connectivity index (χ1n) is 7.77. The lowest BCUT2D eigenvalue weighted by Gasteiger charge is -2.15. The summed E-state index contributed by atoms with van der Waals surface area (Å²) in [5.74, 6) is -3.03. The SMILES string of the molecule is O=C(CN1C(=O)c2cccc([N+](=O)[O-])c2C1=O)Nc1ccccc1OC(F)F. The predicted molar refractivity (Wildman–Crippen MR) is 90.2 cm³/mol. The maximum Gasteiger partial charge on any atom is 0.387 e. The topological polar surface area (TPSA) is 119 Å². The van der Waals surface area contributed by atoms with Crippen LogP contribution in [0.15, 0.2) is 42.5 Å². The van der Waals surface area contributed by atoms with Gasteiger partial charge in [0.15, 0.2) is 0 Å². The van der Waals surface area contributed by atoms with Gasteiger partial charge in [-0.05, 0) is 18.2 Å². The van der Waals surface area contributed by atoms with Gasteiger partial charge in [0.1, 0.15) is 17.9 Å². The van der Waals surface area contributed by atoms with Crippen LogP contribution in [0.2, 0.25) is 0 Å². The van der Waals surface area contributed by atoms with E-state index in [4.69, 9.17) is 0 Å². The Kier molecular flexibility index (Phi) is 4.98. The van der Waals surface area contributed by atoms with Crippen LogP contribution in [-0.2, 0) is 4.79 Å². The van der Waals surface area contributed by atoms with Crippen molar-refractivity contribution in [3.63, 3.8) is 0 Å². The van der Waals surface area contributed by atoms with Crippen molar-refractivity contribution >= 4 is 29.1 Å². The van der Waals surface area contributed by atoms with Crippen molar-refractivity contribution in [2.24, 2.45) is 0 Å². The third-order valence-corrected chi connectivity index (χ3v) is 3.85. The molecular weight excluding hydrogens is 380 g/mol. The summed E-state index contributed by atoms with van der Waals surface area (Å²) < 4.78 is 29.2. The number of nitrogens with one attached hydrogen (secondary N) is 1. The van der Waals surface area contributed by atoms with E-state index in [2.05, 4.69) is 10.1 Å². The summed E-state index contributed by atoms with van der Waals surface area (Å²) in [5, 5.41) is 13.3. The number of halogens is 2. The number of para-hydroxylation sites is 2. The molecule has 1 N–H and O–H groups in total. The van der Waals surface area contributed by atoms with Crippen molar-refractivity contribution < 1.29 is 32.8 Å². The first-order chi connectivity index (χ1) is 13.3. The van der Waals surface area contributed by atoms with Crippen LogP contribution >= 0.6 is 0 Å². The molecule has 0 atom stereocenters. The third kappa shape index (κ3) is 3.49. The molecule has 0 fully saturated rings. The molecule has 0 spiro atoms. The first-order valence-corrected chi connectivity index (χ1v) is 7.77. The normalized spacial score (nSPS) is 12.9. The summed E-state index contributed by atoms with van der Waals surface area (Å²) in [7, 11) is 0. The van der Waals surface area contributed by atoms with Crippen molar-refractivity contribution in [1.82, 2.24) is 4.90 Å². The average molecular weight is 391 g/mol. The quantitative estimate of drug-likeness (QED) is 0.459. The van der Waals surface area contributed by atoms with E-state index in [9.17, 15) is 33.3 Å². The maximum absolute atomic E-state index is 12.4. The number of nitro benzene ring substituents is 1. The minimum Gasteiger partial charge on any atom is -0.433 e. The highest BCUT2D eigenvalue weighted by molar-refractivity contribution is 6.24. The molecular formula is C17H11F2N3O6. The van der Waals surface area contributed by atoms with Crippen molar-refractivity contribution in [1.29, 1.82) is 0 Å². The molecule has 0 saturated carbocycles. The van der Waals surface area contributed by atoms with Gasteiger partial charge in [0.05, 0.1) is 16.2 Å². The summed E-state index contributed by atoms with van der Waals surface area (Å²) in [5.41, 5.74) is -1.22. The second-order valence-corrected chi connectivity index (χ2v) is 5.58. The molecule has 11 heteroatoms. The van der Waals surface area contributed by atoms with Crippen molar-refractivity contribution in [3.8, 4) is 5.75 Å². The Balaban J connectivity index is 1.79. The van der Waals surface area contributed by atoms with Crippen LogP contribution in [0.3, 0.4) is 0 Å². The Morgan fingerprint density at radius 1 is 1.14 bits per heavy atom.